The number of halogens is 2. The number of hydrogen-bond donors (Lipinski definition) is 1. The highest BCUT2D eigenvalue weighted by Gasteiger charge is 2.30. The first-order chi connectivity index (χ1) is 17.1. The molecule has 0 heterocycles. The number of aryl methyl sites for hydroxylation is 2. The van der Waals surface area contributed by atoms with Gasteiger partial charge < -0.3 is 10.2 Å². The smallest absolute Gasteiger partial charge is 0.243 e. The molecule has 2 amide bonds. The van der Waals surface area contributed by atoms with Crippen LogP contribution in [0.25, 0.3) is 0 Å². The molecule has 0 aliphatic carbocycles. The molecule has 0 aliphatic rings. The first-order valence-corrected chi connectivity index (χ1v) is 13.0. The second-order valence-corrected chi connectivity index (χ2v) is 10.5. The number of benzene rings is 3. The Kier molecular flexibility index (Phi) is 9.98. The van der Waals surface area contributed by atoms with E-state index in [0.29, 0.717) is 28.9 Å². The van der Waals surface area contributed by atoms with Crippen molar-refractivity contribution in [3.05, 3.63) is 105 Å². The fourth-order valence-electron chi connectivity index (χ4n) is 4.00. The Hall–Kier alpha value is -2.82. The van der Waals surface area contributed by atoms with E-state index in [1.54, 1.807) is 17.0 Å². The molecule has 3 aromatic rings. The first kappa shape index (κ1) is 27.8. The van der Waals surface area contributed by atoms with E-state index in [4.69, 9.17) is 23.2 Å². The summed E-state index contributed by atoms with van der Waals surface area (Å²) >= 11 is 12.4. The maximum Gasteiger partial charge on any atom is 0.243 e. The predicted octanol–water partition coefficient (Wildman–Crippen LogP) is 6.57. The standard InChI is InChI=1S/C30H34Cl2N2O2/c1-20(2)18-33-30(36)28(16-23-8-6-5-7-9-23)34(19-25-12-13-26(31)27(32)15-25)29(35)17-24-11-10-21(3)22(4)14-24/h5-15,20,28H,16-19H2,1-4H3,(H,33,36)/t28-/m0/s1. The molecule has 190 valence electrons. The van der Waals surface area contributed by atoms with Crippen molar-refractivity contribution in [1.82, 2.24) is 10.2 Å². The van der Waals surface area contributed by atoms with Crippen LogP contribution in [0, 0.1) is 19.8 Å². The molecular weight excluding hydrogens is 491 g/mol. The molecule has 3 aromatic carbocycles. The highest BCUT2D eigenvalue weighted by Crippen LogP contribution is 2.25. The van der Waals surface area contributed by atoms with Gasteiger partial charge in [0.25, 0.3) is 0 Å². The average Bonchev–Trinajstić information content (AvgIpc) is 2.84. The van der Waals surface area contributed by atoms with Gasteiger partial charge in [0, 0.05) is 19.5 Å². The van der Waals surface area contributed by atoms with Crippen LogP contribution in [0.5, 0.6) is 0 Å². The fraction of sp³-hybridized carbons (Fsp3) is 0.333. The number of nitrogens with one attached hydrogen (secondary N) is 1. The largest absolute Gasteiger partial charge is 0.354 e. The summed E-state index contributed by atoms with van der Waals surface area (Å²) < 4.78 is 0. The van der Waals surface area contributed by atoms with Crippen LogP contribution >= 0.6 is 23.2 Å². The van der Waals surface area contributed by atoms with Gasteiger partial charge in [-0.25, -0.2) is 0 Å². The van der Waals surface area contributed by atoms with Crippen LogP contribution in [0.15, 0.2) is 66.7 Å². The zero-order chi connectivity index (χ0) is 26.2. The third kappa shape index (κ3) is 7.84. The van der Waals surface area contributed by atoms with Gasteiger partial charge in [0.15, 0.2) is 0 Å². The van der Waals surface area contributed by atoms with Crippen LogP contribution in [-0.4, -0.2) is 29.3 Å². The lowest BCUT2D eigenvalue weighted by atomic mass is 10.00. The highest BCUT2D eigenvalue weighted by molar-refractivity contribution is 6.42. The van der Waals surface area contributed by atoms with Gasteiger partial charge >= 0.3 is 0 Å². The Morgan fingerprint density at radius 1 is 0.833 bits per heavy atom. The molecule has 0 aliphatic heterocycles. The summed E-state index contributed by atoms with van der Waals surface area (Å²) in [5.41, 5.74) is 5.02. The second kappa shape index (κ2) is 12.9. The van der Waals surface area contributed by atoms with Crippen LogP contribution in [0.2, 0.25) is 10.0 Å². The Labute approximate surface area is 224 Å². The molecule has 4 nitrogen and oxygen atoms in total. The van der Waals surface area contributed by atoms with Crippen molar-refractivity contribution >= 4 is 35.0 Å². The quantitative estimate of drug-likeness (QED) is 0.326. The molecule has 0 unspecified atom stereocenters. The summed E-state index contributed by atoms with van der Waals surface area (Å²) in [4.78, 5) is 29.0. The molecule has 0 saturated heterocycles. The number of carbonyl (C=O) groups is 2. The molecule has 36 heavy (non-hydrogen) atoms. The zero-order valence-electron chi connectivity index (χ0n) is 21.4. The van der Waals surface area contributed by atoms with Crippen LogP contribution in [0.1, 0.15) is 41.7 Å². The van der Waals surface area contributed by atoms with E-state index >= 15 is 0 Å². The van der Waals surface area contributed by atoms with E-state index in [-0.39, 0.29) is 24.8 Å². The molecule has 0 aromatic heterocycles. The molecule has 0 fully saturated rings. The second-order valence-electron chi connectivity index (χ2n) is 9.71. The van der Waals surface area contributed by atoms with Crippen LogP contribution < -0.4 is 5.32 Å². The molecule has 0 bridgehead atoms. The van der Waals surface area contributed by atoms with Crippen molar-refractivity contribution in [2.24, 2.45) is 5.92 Å². The average molecular weight is 526 g/mol. The summed E-state index contributed by atoms with van der Waals surface area (Å²) in [7, 11) is 0. The SMILES string of the molecule is Cc1ccc(CC(=O)N(Cc2ccc(Cl)c(Cl)c2)[C@@H](Cc2ccccc2)C(=O)NCC(C)C)cc1C. The van der Waals surface area contributed by atoms with Gasteiger partial charge in [-0.2, -0.15) is 0 Å². The van der Waals surface area contributed by atoms with Gasteiger partial charge in [-0.1, -0.05) is 91.6 Å². The lowest BCUT2D eigenvalue weighted by Crippen LogP contribution is -2.51. The van der Waals surface area contributed by atoms with Crippen LogP contribution in [0.4, 0.5) is 0 Å². The Morgan fingerprint density at radius 2 is 1.53 bits per heavy atom. The van der Waals surface area contributed by atoms with E-state index < -0.39 is 6.04 Å². The number of amides is 2. The minimum atomic E-state index is -0.681. The summed E-state index contributed by atoms with van der Waals surface area (Å²) in [5.74, 6) is 0.00656. The lowest BCUT2D eigenvalue weighted by Gasteiger charge is -2.32. The maximum atomic E-state index is 13.8. The van der Waals surface area contributed by atoms with Crippen molar-refractivity contribution in [2.45, 2.75) is 53.1 Å². The Morgan fingerprint density at radius 3 is 2.17 bits per heavy atom. The summed E-state index contributed by atoms with van der Waals surface area (Å²) in [6.07, 6.45) is 0.607. The molecule has 0 saturated carbocycles. The Bertz CT molecular complexity index is 1190. The van der Waals surface area contributed by atoms with Gasteiger partial charge in [-0.15, -0.1) is 0 Å². The number of carbonyl (C=O) groups excluding carboxylic acids is 2. The van der Waals surface area contributed by atoms with Gasteiger partial charge in [0.1, 0.15) is 6.04 Å². The summed E-state index contributed by atoms with van der Waals surface area (Å²) in [6, 6.07) is 20.5. The zero-order valence-corrected chi connectivity index (χ0v) is 22.9. The lowest BCUT2D eigenvalue weighted by molar-refractivity contribution is -0.140. The fourth-order valence-corrected chi connectivity index (χ4v) is 4.32. The maximum absolute atomic E-state index is 13.8. The minimum Gasteiger partial charge on any atom is -0.354 e. The minimum absolute atomic E-state index is 0.120. The van der Waals surface area contributed by atoms with Crippen LogP contribution in [-0.2, 0) is 29.0 Å². The normalized spacial score (nSPS) is 11.9. The number of hydrogen-bond acceptors (Lipinski definition) is 2. The van der Waals surface area contributed by atoms with Gasteiger partial charge in [0.2, 0.25) is 11.8 Å². The monoisotopic (exact) mass is 524 g/mol. The third-order valence-electron chi connectivity index (χ3n) is 6.22. The van der Waals surface area contributed by atoms with Crippen molar-refractivity contribution in [2.75, 3.05) is 6.54 Å². The van der Waals surface area contributed by atoms with E-state index in [0.717, 1.165) is 22.3 Å². The molecule has 6 heteroatoms. The number of nitrogens with zero attached hydrogens (tertiary/aromatic N) is 1. The predicted molar refractivity (Wildman–Crippen MR) is 148 cm³/mol. The molecule has 0 spiro atoms. The van der Waals surface area contributed by atoms with Crippen molar-refractivity contribution < 1.29 is 9.59 Å². The van der Waals surface area contributed by atoms with Gasteiger partial charge in [-0.05, 0) is 59.7 Å². The van der Waals surface area contributed by atoms with E-state index in [1.807, 2.05) is 82.3 Å². The Balaban J connectivity index is 1.98. The summed E-state index contributed by atoms with van der Waals surface area (Å²) in [5, 5.41) is 3.91. The third-order valence-corrected chi connectivity index (χ3v) is 6.96. The van der Waals surface area contributed by atoms with Crippen LogP contribution in [0.3, 0.4) is 0 Å². The van der Waals surface area contributed by atoms with Gasteiger partial charge in [0.05, 0.1) is 16.5 Å². The van der Waals surface area contributed by atoms with Gasteiger partial charge in [-0.3, -0.25) is 9.59 Å². The molecule has 1 N–H and O–H groups in total. The highest BCUT2D eigenvalue weighted by atomic mass is 35.5. The number of rotatable bonds is 10. The van der Waals surface area contributed by atoms with E-state index in [9.17, 15) is 9.59 Å². The molecule has 1 atom stereocenters. The molecule has 3 rings (SSSR count). The first-order valence-electron chi connectivity index (χ1n) is 12.2. The van der Waals surface area contributed by atoms with Crippen molar-refractivity contribution in [1.29, 1.82) is 0 Å². The summed E-state index contributed by atoms with van der Waals surface area (Å²) in [6.45, 7) is 8.96. The van der Waals surface area contributed by atoms with Crippen molar-refractivity contribution in [3.8, 4) is 0 Å². The van der Waals surface area contributed by atoms with Crippen molar-refractivity contribution in [3.63, 3.8) is 0 Å². The van der Waals surface area contributed by atoms with E-state index in [2.05, 4.69) is 5.32 Å². The topological polar surface area (TPSA) is 49.4 Å². The molecule has 0 radical (unpaired) electrons. The molecular formula is C30H34Cl2N2O2. The van der Waals surface area contributed by atoms with E-state index in [1.165, 1.54) is 5.56 Å².